The van der Waals surface area contributed by atoms with Gasteiger partial charge in [0.05, 0.1) is 0 Å². The molecule has 23 heavy (non-hydrogen) atoms. The molecule has 3 rings (SSSR count). The number of hydrogen-bond donors (Lipinski definition) is 0. The molecule has 0 aromatic heterocycles. The zero-order valence-corrected chi connectivity index (χ0v) is 15.0. The molecule has 124 valence electrons. The summed E-state index contributed by atoms with van der Waals surface area (Å²) in [5, 5.41) is 0. The Bertz CT molecular complexity index is 551. The molecule has 1 aromatic rings. The molecule has 2 unspecified atom stereocenters. The van der Waals surface area contributed by atoms with Gasteiger partial charge in [0.1, 0.15) is 0 Å². The van der Waals surface area contributed by atoms with Crippen LogP contribution in [0.25, 0.3) is 0 Å². The van der Waals surface area contributed by atoms with Crippen LogP contribution in [0.4, 0.5) is 0 Å². The Morgan fingerprint density at radius 2 is 1.87 bits per heavy atom. The standard InChI is InChI=1S/C18H22O4Se/c1-14-7-5-6-10-18(20-11-12-21-18)13-16(17(19)22-14)23-15-8-3-2-4-9-15/h2-6,8-9,14,16H,7,10-13H2,1H3/b6-5+. The van der Waals surface area contributed by atoms with Gasteiger partial charge in [0, 0.05) is 0 Å². The van der Waals surface area contributed by atoms with E-state index in [2.05, 4.69) is 18.2 Å². The molecule has 0 bridgehead atoms. The van der Waals surface area contributed by atoms with Crippen LogP contribution < -0.4 is 4.46 Å². The number of benzene rings is 1. The molecule has 0 aliphatic carbocycles. The van der Waals surface area contributed by atoms with Gasteiger partial charge in [-0.2, -0.15) is 0 Å². The van der Waals surface area contributed by atoms with Gasteiger partial charge in [-0.25, -0.2) is 0 Å². The van der Waals surface area contributed by atoms with Gasteiger partial charge in [-0.15, -0.1) is 0 Å². The summed E-state index contributed by atoms with van der Waals surface area (Å²) in [6, 6.07) is 10.1. The fraction of sp³-hybridized carbons (Fsp3) is 0.500. The van der Waals surface area contributed by atoms with E-state index in [0.717, 1.165) is 6.42 Å². The Hall–Kier alpha value is -1.13. The normalized spacial score (nSPS) is 29.2. The monoisotopic (exact) mass is 382 g/mol. The van der Waals surface area contributed by atoms with E-state index in [4.69, 9.17) is 14.2 Å². The van der Waals surface area contributed by atoms with Crippen LogP contribution in [0.15, 0.2) is 42.5 Å². The predicted molar refractivity (Wildman–Crippen MR) is 88.8 cm³/mol. The van der Waals surface area contributed by atoms with E-state index < -0.39 is 5.79 Å². The van der Waals surface area contributed by atoms with E-state index in [1.165, 1.54) is 4.46 Å². The summed E-state index contributed by atoms with van der Waals surface area (Å²) < 4.78 is 18.6. The van der Waals surface area contributed by atoms with Gasteiger partial charge < -0.3 is 0 Å². The van der Waals surface area contributed by atoms with E-state index in [9.17, 15) is 4.79 Å². The van der Waals surface area contributed by atoms with Crippen molar-refractivity contribution in [3.05, 3.63) is 42.5 Å². The average molecular weight is 381 g/mol. The summed E-state index contributed by atoms with van der Waals surface area (Å²) in [6.07, 6.45) is 6.02. The van der Waals surface area contributed by atoms with Gasteiger partial charge in [0.2, 0.25) is 0 Å². The Morgan fingerprint density at radius 3 is 2.61 bits per heavy atom. The van der Waals surface area contributed by atoms with Gasteiger partial charge >= 0.3 is 143 Å². The van der Waals surface area contributed by atoms with Crippen molar-refractivity contribution < 1.29 is 19.0 Å². The van der Waals surface area contributed by atoms with Crippen molar-refractivity contribution in [2.75, 3.05) is 13.2 Å². The Morgan fingerprint density at radius 1 is 1.13 bits per heavy atom. The average Bonchev–Trinajstić information content (AvgIpc) is 3.00. The summed E-state index contributed by atoms with van der Waals surface area (Å²) >= 11 is -0.0106. The van der Waals surface area contributed by atoms with E-state index in [1.54, 1.807) is 0 Å². The van der Waals surface area contributed by atoms with Crippen molar-refractivity contribution in [1.29, 1.82) is 0 Å². The molecule has 0 saturated carbocycles. The summed E-state index contributed by atoms with van der Waals surface area (Å²) in [7, 11) is 0. The number of esters is 1. The molecule has 0 amide bonds. The first kappa shape index (κ1) is 16.7. The summed E-state index contributed by atoms with van der Waals surface area (Å²) in [4.78, 5) is 12.4. The zero-order valence-electron chi connectivity index (χ0n) is 13.3. The summed E-state index contributed by atoms with van der Waals surface area (Å²) in [5.74, 6) is -0.799. The Balaban J connectivity index is 1.82. The molecular weight excluding hydrogens is 359 g/mol. The van der Waals surface area contributed by atoms with Crippen LogP contribution in [0.5, 0.6) is 0 Å². The third-order valence-corrected chi connectivity index (χ3v) is 6.47. The third-order valence-electron chi connectivity index (χ3n) is 3.98. The van der Waals surface area contributed by atoms with Crippen LogP contribution in [-0.2, 0) is 19.0 Å². The maximum atomic E-state index is 12.6. The molecule has 2 heterocycles. The maximum absolute atomic E-state index is 12.6. The zero-order chi connectivity index (χ0) is 16.1. The summed E-state index contributed by atoms with van der Waals surface area (Å²) in [5.41, 5.74) is 0. The molecule has 1 spiro atoms. The van der Waals surface area contributed by atoms with E-state index in [0.29, 0.717) is 26.1 Å². The van der Waals surface area contributed by atoms with Crippen molar-refractivity contribution in [3.63, 3.8) is 0 Å². The van der Waals surface area contributed by atoms with Crippen molar-refractivity contribution in [1.82, 2.24) is 0 Å². The molecule has 1 saturated heterocycles. The summed E-state index contributed by atoms with van der Waals surface area (Å²) in [6.45, 7) is 3.11. The van der Waals surface area contributed by atoms with Crippen LogP contribution in [0, 0.1) is 0 Å². The van der Waals surface area contributed by atoms with Gasteiger partial charge in [0.15, 0.2) is 0 Å². The number of hydrogen-bond acceptors (Lipinski definition) is 4. The number of cyclic esters (lactones) is 1. The fourth-order valence-electron chi connectivity index (χ4n) is 2.81. The number of ether oxygens (including phenoxy) is 3. The Kier molecular flexibility index (Phi) is 5.54. The molecule has 0 radical (unpaired) electrons. The van der Waals surface area contributed by atoms with Gasteiger partial charge in [0.25, 0.3) is 0 Å². The third kappa shape index (κ3) is 4.45. The number of carbonyl (C=O) groups excluding carboxylic acids is 1. The molecule has 2 aliphatic heterocycles. The van der Waals surface area contributed by atoms with Gasteiger partial charge in [-0.3, -0.25) is 0 Å². The second-order valence-electron chi connectivity index (χ2n) is 5.89. The quantitative estimate of drug-likeness (QED) is 0.448. The number of carbonyl (C=O) groups is 1. The molecular formula is C18H22O4Se. The van der Waals surface area contributed by atoms with E-state index in [1.807, 2.05) is 31.2 Å². The van der Waals surface area contributed by atoms with Crippen LogP contribution >= 0.6 is 0 Å². The minimum absolute atomic E-state index is 0.0106. The minimum atomic E-state index is -0.669. The second-order valence-corrected chi connectivity index (χ2v) is 8.57. The second kappa shape index (κ2) is 7.63. The molecule has 2 atom stereocenters. The van der Waals surface area contributed by atoms with Crippen molar-refractivity contribution in [2.24, 2.45) is 0 Å². The number of rotatable bonds is 2. The molecule has 4 nitrogen and oxygen atoms in total. The van der Waals surface area contributed by atoms with Gasteiger partial charge in [-0.05, 0) is 0 Å². The van der Waals surface area contributed by atoms with Crippen molar-refractivity contribution in [2.45, 2.75) is 42.9 Å². The van der Waals surface area contributed by atoms with Gasteiger partial charge in [-0.1, -0.05) is 0 Å². The van der Waals surface area contributed by atoms with Crippen LogP contribution in [0.3, 0.4) is 0 Å². The fourth-order valence-corrected chi connectivity index (χ4v) is 5.18. The molecule has 1 fully saturated rings. The molecule has 0 N–H and O–H groups in total. The molecule has 5 heteroatoms. The van der Waals surface area contributed by atoms with Crippen LogP contribution in [-0.4, -0.2) is 46.0 Å². The van der Waals surface area contributed by atoms with Crippen molar-refractivity contribution >= 4 is 25.4 Å². The molecule has 1 aromatic carbocycles. The SMILES string of the molecule is CC1C/C=C/CC2(CC([Se]c3ccccc3)C(=O)O1)OCCO2. The van der Waals surface area contributed by atoms with Crippen LogP contribution in [0.2, 0.25) is 4.82 Å². The predicted octanol–water partition coefficient (Wildman–Crippen LogP) is 2.22. The first-order valence-electron chi connectivity index (χ1n) is 8.02. The van der Waals surface area contributed by atoms with Crippen LogP contribution in [0.1, 0.15) is 26.2 Å². The topological polar surface area (TPSA) is 44.8 Å². The van der Waals surface area contributed by atoms with E-state index >= 15 is 0 Å². The first-order chi connectivity index (χ1) is 11.2. The van der Waals surface area contributed by atoms with Crippen molar-refractivity contribution in [3.8, 4) is 0 Å². The Labute approximate surface area is 143 Å². The first-order valence-corrected chi connectivity index (χ1v) is 9.87. The molecule has 2 aliphatic rings. The van der Waals surface area contributed by atoms with E-state index in [-0.39, 0.29) is 31.8 Å².